The van der Waals surface area contributed by atoms with Crippen LogP contribution >= 0.6 is 11.3 Å². The standard InChI is InChI=1S/C15H21N5O2S/c1-18-6-4-5-14(18)17-15(19-7-2-3-8-19)16-10-13-9-12(11-23-13)20(21)22/h9,11H,2-8,10H2,1H3. The number of amidine groups is 1. The summed E-state index contributed by atoms with van der Waals surface area (Å²) in [5, 5.41) is 12.3. The smallest absolute Gasteiger partial charge is 0.280 e. The number of hydrogen-bond donors (Lipinski definition) is 0. The zero-order valence-electron chi connectivity index (χ0n) is 13.3. The van der Waals surface area contributed by atoms with Gasteiger partial charge in [-0.3, -0.25) is 10.1 Å². The molecular weight excluding hydrogens is 314 g/mol. The third-order valence-electron chi connectivity index (χ3n) is 4.18. The highest BCUT2D eigenvalue weighted by Gasteiger charge is 2.20. The maximum absolute atomic E-state index is 10.8. The van der Waals surface area contributed by atoms with Gasteiger partial charge in [0.2, 0.25) is 5.96 Å². The third-order valence-corrected chi connectivity index (χ3v) is 5.09. The number of rotatable bonds is 3. The molecule has 0 aromatic carbocycles. The van der Waals surface area contributed by atoms with Crippen LogP contribution in [0.15, 0.2) is 21.4 Å². The molecule has 3 rings (SSSR count). The van der Waals surface area contributed by atoms with Crippen LogP contribution in [-0.4, -0.2) is 53.2 Å². The molecular formula is C15H21N5O2S. The normalized spacial score (nSPS) is 20.7. The molecule has 1 aromatic rings. The second-order valence-electron chi connectivity index (χ2n) is 5.89. The molecule has 3 heterocycles. The van der Waals surface area contributed by atoms with Crippen molar-refractivity contribution in [3.05, 3.63) is 26.4 Å². The molecule has 124 valence electrons. The van der Waals surface area contributed by atoms with Gasteiger partial charge in [0.25, 0.3) is 5.69 Å². The largest absolute Gasteiger partial charge is 0.363 e. The molecule has 0 atom stereocenters. The van der Waals surface area contributed by atoms with Crippen LogP contribution in [0.25, 0.3) is 0 Å². The summed E-state index contributed by atoms with van der Waals surface area (Å²) in [7, 11) is 2.07. The Morgan fingerprint density at radius 1 is 1.35 bits per heavy atom. The van der Waals surface area contributed by atoms with E-state index in [0.29, 0.717) is 6.54 Å². The average Bonchev–Trinajstić information content (AvgIpc) is 3.26. The molecule has 0 radical (unpaired) electrons. The Labute approximate surface area is 139 Å². The highest BCUT2D eigenvalue weighted by atomic mass is 32.1. The minimum Gasteiger partial charge on any atom is -0.363 e. The first-order valence-electron chi connectivity index (χ1n) is 7.93. The molecule has 0 amide bonds. The van der Waals surface area contributed by atoms with Gasteiger partial charge in [-0.2, -0.15) is 0 Å². The second kappa shape index (κ2) is 7.08. The quantitative estimate of drug-likeness (QED) is 0.368. The van der Waals surface area contributed by atoms with Crippen LogP contribution in [0, 0.1) is 10.1 Å². The Hall–Kier alpha value is -1.96. The molecule has 0 N–H and O–H groups in total. The Morgan fingerprint density at radius 2 is 2.13 bits per heavy atom. The van der Waals surface area contributed by atoms with Gasteiger partial charge in [0.15, 0.2) is 0 Å². The molecule has 7 nitrogen and oxygen atoms in total. The Balaban J connectivity index is 1.77. The highest BCUT2D eigenvalue weighted by molar-refractivity contribution is 7.10. The predicted molar refractivity (Wildman–Crippen MR) is 92.2 cm³/mol. The van der Waals surface area contributed by atoms with E-state index < -0.39 is 0 Å². The molecule has 2 aliphatic rings. The summed E-state index contributed by atoms with van der Waals surface area (Å²) in [4.78, 5) is 25.2. The van der Waals surface area contributed by atoms with Crippen LogP contribution in [0.4, 0.5) is 5.69 Å². The molecule has 2 saturated heterocycles. The second-order valence-corrected chi connectivity index (χ2v) is 6.89. The lowest BCUT2D eigenvalue weighted by Gasteiger charge is -2.19. The number of aliphatic imine (C=N–C) groups is 2. The van der Waals surface area contributed by atoms with Crippen molar-refractivity contribution < 1.29 is 4.92 Å². The van der Waals surface area contributed by atoms with Gasteiger partial charge in [-0.15, -0.1) is 11.3 Å². The first-order valence-corrected chi connectivity index (χ1v) is 8.81. The molecule has 8 heteroatoms. The average molecular weight is 335 g/mol. The van der Waals surface area contributed by atoms with E-state index in [1.165, 1.54) is 24.2 Å². The van der Waals surface area contributed by atoms with Gasteiger partial charge in [-0.1, -0.05) is 0 Å². The van der Waals surface area contributed by atoms with Crippen molar-refractivity contribution in [3.63, 3.8) is 0 Å². The van der Waals surface area contributed by atoms with Crippen LogP contribution in [0.2, 0.25) is 0 Å². The van der Waals surface area contributed by atoms with E-state index >= 15 is 0 Å². The lowest BCUT2D eigenvalue weighted by molar-refractivity contribution is -0.384. The van der Waals surface area contributed by atoms with E-state index in [2.05, 4.69) is 21.8 Å². The van der Waals surface area contributed by atoms with E-state index in [0.717, 1.165) is 49.1 Å². The van der Waals surface area contributed by atoms with Crippen LogP contribution in [-0.2, 0) is 6.54 Å². The molecule has 0 spiro atoms. The molecule has 0 bridgehead atoms. The molecule has 23 heavy (non-hydrogen) atoms. The first kappa shape index (κ1) is 15.9. The molecule has 2 aliphatic heterocycles. The molecule has 0 saturated carbocycles. The molecule has 0 aliphatic carbocycles. The fourth-order valence-electron chi connectivity index (χ4n) is 2.87. The number of hydrogen-bond acceptors (Lipinski definition) is 4. The summed E-state index contributed by atoms with van der Waals surface area (Å²) in [5.74, 6) is 1.87. The van der Waals surface area contributed by atoms with Gasteiger partial charge >= 0.3 is 0 Å². The highest BCUT2D eigenvalue weighted by Crippen LogP contribution is 2.22. The molecule has 1 aromatic heterocycles. The summed E-state index contributed by atoms with van der Waals surface area (Å²) in [6.45, 7) is 3.47. The zero-order valence-corrected chi connectivity index (χ0v) is 14.1. The fraction of sp³-hybridized carbons (Fsp3) is 0.600. The SMILES string of the molecule is CN1CCCC1=NC(=NCc1cc([N+](=O)[O-])cs1)N1CCCC1. The summed E-state index contributed by atoms with van der Waals surface area (Å²) in [6, 6.07) is 1.60. The van der Waals surface area contributed by atoms with Gasteiger partial charge in [0, 0.05) is 44.0 Å². The van der Waals surface area contributed by atoms with Crippen molar-refractivity contribution in [1.29, 1.82) is 0 Å². The molecule has 2 fully saturated rings. The first-order chi connectivity index (χ1) is 11.1. The minimum absolute atomic E-state index is 0.143. The minimum atomic E-state index is -0.362. The molecule has 0 unspecified atom stereocenters. The Bertz CT molecular complexity index is 634. The van der Waals surface area contributed by atoms with Crippen molar-refractivity contribution >= 4 is 28.8 Å². The Kier molecular flexibility index (Phi) is 4.90. The maximum atomic E-state index is 10.8. The van der Waals surface area contributed by atoms with E-state index in [9.17, 15) is 10.1 Å². The zero-order chi connectivity index (χ0) is 16.2. The van der Waals surface area contributed by atoms with Gasteiger partial charge in [0.1, 0.15) is 5.84 Å². The number of nitrogens with zero attached hydrogens (tertiary/aromatic N) is 5. The van der Waals surface area contributed by atoms with E-state index in [4.69, 9.17) is 4.99 Å². The van der Waals surface area contributed by atoms with E-state index in [-0.39, 0.29) is 10.6 Å². The van der Waals surface area contributed by atoms with E-state index in [1.54, 1.807) is 11.4 Å². The van der Waals surface area contributed by atoms with Crippen LogP contribution in [0.3, 0.4) is 0 Å². The summed E-state index contributed by atoms with van der Waals surface area (Å²) < 4.78 is 0. The lowest BCUT2D eigenvalue weighted by atomic mass is 10.4. The predicted octanol–water partition coefficient (Wildman–Crippen LogP) is 2.73. The summed E-state index contributed by atoms with van der Waals surface area (Å²) in [5.41, 5.74) is 0.143. The Morgan fingerprint density at radius 3 is 2.74 bits per heavy atom. The van der Waals surface area contributed by atoms with Crippen LogP contribution in [0.5, 0.6) is 0 Å². The lowest BCUT2D eigenvalue weighted by Crippen LogP contribution is -2.29. The van der Waals surface area contributed by atoms with Crippen molar-refractivity contribution in [2.75, 3.05) is 26.7 Å². The van der Waals surface area contributed by atoms with Crippen molar-refractivity contribution in [1.82, 2.24) is 9.80 Å². The van der Waals surface area contributed by atoms with Crippen molar-refractivity contribution in [2.24, 2.45) is 9.98 Å². The van der Waals surface area contributed by atoms with Crippen molar-refractivity contribution in [2.45, 2.75) is 32.2 Å². The summed E-state index contributed by atoms with van der Waals surface area (Å²) in [6.07, 6.45) is 4.47. The van der Waals surface area contributed by atoms with Gasteiger partial charge in [-0.25, -0.2) is 9.98 Å². The van der Waals surface area contributed by atoms with E-state index in [1.807, 2.05) is 0 Å². The topological polar surface area (TPSA) is 74.3 Å². The van der Waals surface area contributed by atoms with Gasteiger partial charge < -0.3 is 9.80 Å². The third kappa shape index (κ3) is 3.87. The maximum Gasteiger partial charge on any atom is 0.280 e. The van der Waals surface area contributed by atoms with Crippen LogP contribution in [0.1, 0.15) is 30.6 Å². The summed E-state index contributed by atoms with van der Waals surface area (Å²) >= 11 is 1.38. The number of thiophene rings is 1. The number of guanidine groups is 1. The van der Waals surface area contributed by atoms with Crippen molar-refractivity contribution in [3.8, 4) is 0 Å². The number of likely N-dealkylation sites (tertiary alicyclic amines) is 2. The van der Waals surface area contributed by atoms with Crippen LogP contribution < -0.4 is 0 Å². The number of nitro groups is 1. The fourth-order valence-corrected chi connectivity index (χ4v) is 3.62. The van der Waals surface area contributed by atoms with Gasteiger partial charge in [0.05, 0.1) is 16.8 Å². The van der Waals surface area contributed by atoms with Gasteiger partial charge in [-0.05, 0) is 19.3 Å². The monoisotopic (exact) mass is 335 g/mol.